The monoisotopic (exact) mass is 419 g/mol. The molecule has 2 aromatic carbocycles. The minimum absolute atomic E-state index is 0.114. The second-order valence-electron chi connectivity index (χ2n) is 7.25. The van der Waals surface area contributed by atoms with Gasteiger partial charge in [0.2, 0.25) is 5.91 Å². The molecule has 2 aromatic rings. The summed E-state index contributed by atoms with van der Waals surface area (Å²) in [4.78, 5) is 16.8. The SMILES string of the molecule is CC(C(=O)Nc1ccc(N2CCOCC2)cc1)N(C)Cc1ccc(OC(F)F)cc1. The molecule has 1 amide bonds. The number of likely N-dealkylation sites (N-methyl/N-ethyl adjacent to an activating group) is 1. The van der Waals surface area contributed by atoms with E-state index in [1.165, 1.54) is 12.1 Å². The number of rotatable bonds is 8. The molecule has 162 valence electrons. The molecule has 0 radical (unpaired) electrons. The highest BCUT2D eigenvalue weighted by Crippen LogP contribution is 2.20. The number of alkyl halides is 2. The fraction of sp³-hybridized carbons (Fsp3) is 0.409. The van der Waals surface area contributed by atoms with Gasteiger partial charge in [0.25, 0.3) is 0 Å². The average molecular weight is 419 g/mol. The van der Waals surface area contributed by atoms with Crippen LogP contribution in [0.15, 0.2) is 48.5 Å². The second-order valence-corrected chi connectivity index (χ2v) is 7.25. The maximum atomic E-state index is 12.6. The molecule has 0 aromatic heterocycles. The normalized spacial score (nSPS) is 15.3. The number of carbonyl (C=O) groups excluding carboxylic acids is 1. The van der Waals surface area contributed by atoms with Gasteiger partial charge in [-0.15, -0.1) is 0 Å². The number of amides is 1. The number of hydrogen-bond donors (Lipinski definition) is 1. The van der Waals surface area contributed by atoms with Crippen LogP contribution in [0.3, 0.4) is 0 Å². The lowest BCUT2D eigenvalue weighted by atomic mass is 10.1. The smallest absolute Gasteiger partial charge is 0.387 e. The third kappa shape index (κ3) is 6.14. The maximum absolute atomic E-state index is 12.6. The highest BCUT2D eigenvalue weighted by molar-refractivity contribution is 5.94. The third-order valence-electron chi connectivity index (χ3n) is 5.13. The zero-order valence-electron chi connectivity index (χ0n) is 17.2. The summed E-state index contributed by atoms with van der Waals surface area (Å²) in [6.45, 7) is 2.66. The second kappa shape index (κ2) is 10.4. The predicted molar refractivity (Wildman–Crippen MR) is 112 cm³/mol. The quantitative estimate of drug-likeness (QED) is 0.709. The van der Waals surface area contributed by atoms with Crippen molar-refractivity contribution in [1.29, 1.82) is 0 Å². The van der Waals surface area contributed by atoms with E-state index in [9.17, 15) is 13.6 Å². The minimum Gasteiger partial charge on any atom is -0.435 e. The fourth-order valence-electron chi connectivity index (χ4n) is 3.23. The number of ether oxygens (including phenoxy) is 2. The number of carbonyl (C=O) groups is 1. The van der Waals surface area contributed by atoms with Gasteiger partial charge in [-0.1, -0.05) is 12.1 Å². The number of nitrogens with one attached hydrogen (secondary N) is 1. The van der Waals surface area contributed by atoms with Crippen LogP contribution in [0.5, 0.6) is 5.75 Å². The molecule has 6 nitrogen and oxygen atoms in total. The van der Waals surface area contributed by atoms with Gasteiger partial charge in [0.1, 0.15) is 5.75 Å². The molecule has 3 rings (SSSR count). The first-order valence-corrected chi connectivity index (χ1v) is 9.90. The van der Waals surface area contributed by atoms with Gasteiger partial charge in [-0.2, -0.15) is 8.78 Å². The van der Waals surface area contributed by atoms with Gasteiger partial charge in [0.15, 0.2) is 0 Å². The van der Waals surface area contributed by atoms with Crippen LogP contribution in [0.2, 0.25) is 0 Å². The van der Waals surface area contributed by atoms with Crippen molar-refractivity contribution in [1.82, 2.24) is 4.90 Å². The molecule has 1 N–H and O–H groups in total. The van der Waals surface area contributed by atoms with Crippen molar-refractivity contribution in [3.63, 3.8) is 0 Å². The standard InChI is InChI=1S/C22H27F2N3O3/c1-16(26(2)15-17-3-9-20(10-4-17)30-22(23)24)21(28)25-18-5-7-19(8-6-18)27-11-13-29-14-12-27/h3-10,16,22H,11-15H2,1-2H3,(H,25,28). The molecule has 0 aliphatic carbocycles. The molecule has 1 heterocycles. The number of morpholine rings is 1. The van der Waals surface area contributed by atoms with E-state index in [1.54, 1.807) is 12.1 Å². The Hall–Kier alpha value is -2.71. The van der Waals surface area contributed by atoms with E-state index in [-0.39, 0.29) is 17.7 Å². The Labute approximate surface area is 175 Å². The van der Waals surface area contributed by atoms with E-state index in [2.05, 4.69) is 15.0 Å². The van der Waals surface area contributed by atoms with Crippen molar-refractivity contribution < 1.29 is 23.0 Å². The highest BCUT2D eigenvalue weighted by atomic mass is 19.3. The topological polar surface area (TPSA) is 54.0 Å². The van der Waals surface area contributed by atoms with Gasteiger partial charge in [0, 0.05) is 31.0 Å². The van der Waals surface area contributed by atoms with Gasteiger partial charge in [-0.3, -0.25) is 9.69 Å². The Morgan fingerprint density at radius 2 is 1.77 bits per heavy atom. The van der Waals surface area contributed by atoms with Crippen LogP contribution in [0.1, 0.15) is 12.5 Å². The predicted octanol–water partition coefficient (Wildman–Crippen LogP) is 3.58. The summed E-state index contributed by atoms with van der Waals surface area (Å²) in [5.74, 6) is -0.00278. The van der Waals surface area contributed by atoms with Crippen molar-refractivity contribution in [3.8, 4) is 5.75 Å². The summed E-state index contributed by atoms with van der Waals surface area (Å²) < 4.78 is 34.2. The van der Waals surface area contributed by atoms with E-state index in [4.69, 9.17) is 4.74 Å². The number of nitrogens with zero attached hydrogens (tertiary/aromatic N) is 2. The summed E-state index contributed by atoms with van der Waals surface area (Å²) in [5.41, 5.74) is 2.75. The van der Waals surface area contributed by atoms with Crippen LogP contribution in [0, 0.1) is 0 Å². The van der Waals surface area contributed by atoms with Crippen LogP contribution >= 0.6 is 0 Å². The zero-order chi connectivity index (χ0) is 21.5. The summed E-state index contributed by atoms with van der Waals surface area (Å²) in [6, 6.07) is 13.8. The van der Waals surface area contributed by atoms with E-state index < -0.39 is 6.61 Å². The average Bonchev–Trinajstić information content (AvgIpc) is 2.75. The molecule has 1 atom stereocenters. The molecule has 0 spiro atoms. The van der Waals surface area contributed by atoms with Gasteiger partial charge >= 0.3 is 6.61 Å². The van der Waals surface area contributed by atoms with E-state index in [0.717, 1.165) is 43.2 Å². The number of halogens is 2. The molecule has 8 heteroatoms. The zero-order valence-corrected chi connectivity index (χ0v) is 17.2. The fourth-order valence-corrected chi connectivity index (χ4v) is 3.23. The summed E-state index contributed by atoms with van der Waals surface area (Å²) in [6.07, 6.45) is 0. The van der Waals surface area contributed by atoms with Gasteiger partial charge in [-0.05, 0) is 55.9 Å². The van der Waals surface area contributed by atoms with Crippen molar-refractivity contribution in [3.05, 3.63) is 54.1 Å². The van der Waals surface area contributed by atoms with Crippen molar-refractivity contribution in [2.24, 2.45) is 0 Å². The first-order valence-electron chi connectivity index (χ1n) is 9.90. The Morgan fingerprint density at radius 1 is 1.13 bits per heavy atom. The lowest BCUT2D eigenvalue weighted by molar-refractivity contribution is -0.120. The molecule has 1 aliphatic rings. The van der Waals surface area contributed by atoms with Gasteiger partial charge < -0.3 is 19.7 Å². The van der Waals surface area contributed by atoms with Crippen molar-refractivity contribution in [2.45, 2.75) is 26.1 Å². The Morgan fingerprint density at radius 3 is 2.37 bits per heavy atom. The number of hydrogen-bond acceptors (Lipinski definition) is 5. The molecular formula is C22H27F2N3O3. The van der Waals surface area contributed by atoms with Crippen LogP contribution < -0.4 is 15.0 Å². The first kappa shape index (κ1) is 22.0. The van der Waals surface area contributed by atoms with E-state index >= 15 is 0 Å². The molecule has 1 aliphatic heterocycles. The van der Waals surface area contributed by atoms with Crippen molar-refractivity contribution in [2.75, 3.05) is 43.6 Å². The largest absolute Gasteiger partial charge is 0.435 e. The van der Waals surface area contributed by atoms with Crippen LogP contribution in [-0.2, 0) is 16.1 Å². The lowest BCUT2D eigenvalue weighted by Gasteiger charge is -2.29. The third-order valence-corrected chi connectivity index (χ3v) is 5.13. The van der Waals surface area contributed by atoms with Crippen LogP contribution in [-0.4, -0.2) is 56.8 Å². The highest BCUT2D eigenvalue weighted by Gasteiger charge is 2.19. The van der Waals surface area contributed by atoms with Crippen molar-refractivity contribution >= 4 is 17.3 Å². The molecule has 30 heavy (non-hydrogen) atoms. The summed E-state index contributed by atoms with van der Waals surface area (Å²) in [7, 11) is 1.84. The summed E-state index contributed by atoms with van der Waals surface area (Å²) >= 11 is 0. The molecule has 0 bridgehead atoms. The molecule has 1 fully saturated rings. The number of benzene rings is 2. The van der Waals surface area contributed by atoms with E-state index in [1.807, 2.05) is 43.1 Å². The molecule has 0 saturated carbocycles. The van der Waals surface area contributed by atoms with Crippen LogP contribution in [0.25, 0.3) is 0 Å². The minimum atomic E-state index is -2.84. The molecule has 1 saturated heterocycles. The Kier molecular flexibility index (Phi) is 7.59. The van der Waals surface area contributed by atoms with Crippen LogP contribution in [0.4, 0.5) is 20.2 Å². The Bertz CT molecular complexity index is 809. The Balaban J connectivity index is 1.51. The van der Waals surface area contributed by atoms with Gasteiger partial charge in [0.05, 0.1) is 19.3 Å². The summed E-state index contributed by atoms with van der Waals surface area (Å²) in [5, 5.41) is 2.94. The number of anilines is 2. The lowest BCUT2D eigenvalue weighted by Crippen LogP contribution is -2.39. The first-order chi connectivity index (χ1) is 14.4. The maximum Gasteiger partial charge on any atom is 0.387 e. The van der Waals surface area contributed by atoms with E-state index in [0.29, 0.717) is 6.54 Å². The molecule has 1 unspecified atom stereocenters. The van der Waals surface area contributed by atoms with Gasteiger partial charge in [-0.25, -0.2) is 0 Å². The molecular weight excluding hydrogens is 392 g/mol.